The van der Waals surface area contributed by atoms with E-state index in [2.05, 4.69) is 15.1 Å². The Kier molecular flexibility index (Phi) is 3.99. The molecule has 0 radical (unpaired) electrons. The number of likely N-dealkylation sites (tertiary alicyclic amines) is 1. The predicted octanol–water partition coefficient (Wildman–Crippen LogP) is 1.09. The lowest BCUT2D eigenvalue weighted by Gasteiger charge is -2.24. The van der Waals surface area contributed by atoms with Crippen LogP contribution < -0.4 is 5.56 Å². The van der Waals surface area contributed by atoms with Gasteiger partial charge in [-0.15, -0.1) is 0 Å². The standard InChI is InChI=1S/C17H23N5O/c23-17-12-14-4-1-6-16(14)19-22(17)13-15-5-2-8-20(15)10-11-21-9-3-7-18-21/h3,7,9,12,15H,1-2,4-6,8,10-11,13H2. The second-order valence-electron chi connectivity index (χ2n) is 6.59. The molecule has 6 nitrogen and oxygen atoms in total. The first-order chi connectivity index (χ1) is 11.3. The molecule has 1 aliphatic heterocycles. The van der Waals surface area contributed by atoms with Crippen LogP contribution in [0.4, 0.5) is 0 Å². The molecule has 2 aromatic heterocycles. The summed E-state index contributed by atoms with van der Waals surface area (Å²) in [5.41, 5.74) is 2.35. The molecule has 2 aliphatic rings. The quantitative estimate of drug-likeness (QED) is 0.829. The van der Waals surface area contributed by atoms with E-state index in [1.54, 1.807) is 10.7 Å². The zero-order valence-electron chi connectivity index (χ0n) is 13.4. The van der Waals surface area contributed by atoms with Gasteiger partial charge in [-0.05, 0) is 50.3 Å². The fourth-order valence-electron chi connectivity index (χ4n) is 3.83. The lowest BCUT2D eigenvalue weighted by Crippen LogP contribution is -2.38. The Morgan fingerprint density at radius 2 is 2.17 bits per heavy atom. The van der Waals surface area contributed by atoms with Crippen LogP contribution >= 0.6 is 0 Å². The first-order valence-electron chi connectivity index (χ1n) is 8.61. The number of hydrogen-bond donors (Lipinski definition) is 0. The SMILES string of the molecule is O=c1cc2c(nn1CC1CCCN1CCn1cccn1)CCC2. The summed E-state index contributed by atoms with van der Waals surface area (Å²) in [7, 11) is 0. The van der Waals surface area contributed by atoms with Crippen molar-refractivity contribution in [3.05, 3.63) is 46.1 Å². The van der Waals surface area contributed by atoms with Gasteiger partial charge in [0.05, 0.1) is 18.8 Å². The average Bonchev–Trinajstić information content (AvgIpc) is 3.26. The van der Waals surface area contributed by atoms with Crippen LogP contribution in [-0.4, -0.2) is 43.6 Å². The summed E-state index contributed by atoms with van der Waals surface area (Å²) in [6.45, 7) is 3.69. The van der Waals surface area contributed by atoms with Gasteiger partial charge in [0.1, 0.15) is 0 Å². The third-order valence-electron chi connectivity index (χ3n) is 5.08. The van der Waals surface area contributed by atoms with E-state index in [0.29, 0.717) is 12.6 Å². The second kappa shape index (κ2) is 6.28. The molecule has 2 aromatic rings. The van der Waals surface area contributed by atoms with Gasteiger partial charge in [-0.25, -0.2) is 4.68 Å². The second-order valence-corrected chi connectivity index (χ2v) is 6.59. The van der Waals surface area contributed by atoms with Gasteiger partial charge >= 0.3 is 0 Å². The molecule has 0 N–H and O–H groups in total. The largest absolute Gasteiger partial charge is 0.297 e. The summed E-state index contributed by atoms with van der Waals surface area (Å²) >= 11 is 0. The molecule has 23 heavy (non-hydrogen) atoms. The number of rotatable bonds is 5. The van der Waals surface area contributed by atoms with Gasteiger partial charge in [-0.2, -0.15) is 10.2 Å². The minimum Gasteiger partial charge on any atom is -0.297 e. The van der Waals surface area contributed by atoms with Crippen LogP contribution in [0.1, 0.15) is 30.5 Å². The first kappa shape index (κ1) is 14.6. The van der Waals surface area contributed by atoms with Crippen molar-refractivity contribution in [3.63, 3.8) is 0 Å². The Bertz CT molecular complexity index is 721. The van der Waals surface area contributed by atoms with Crippen molar-refractivity contribution in [2.75, 3.05) is 13.1 Å². The van der Waals surface area contributed by atoms with Gasteiger partial charge in [0.15, 0.2) is 0 Å². The van der Waals surface area contributed by atoms with Crippen LogP contribution in [0, 0.1) is 0 Å². The summed E-state index contributed by atoms with van der Waals surface area (Å²) in [6, 6.07) is 4.17. The topological polar surface area (TPSA) is 56.0 Å². The van der Waals surface area contributed by atoms with Gasteiger partial charge in [0, 0.05) is 31.0 Å². The molecule has 0 spiro atoms. The fourth-order valence-corrected chi connectivity index (χ4v) is 3.83. The van der Waals surface area contributed by atoms with Crippen molar-refractivity contribution in [2.45, 2.75) is 51.2 Å². The van der Waals surface area contributed by atoms with E-state index in [4.69, 9.17) is 0 Å². The predicted molar refractivity (Wildman–Crippen MR) is 87.3 cm³/mol. The summed E-state index contributed by atoms with van der Waals surface area (Å²) in [6.07, 6.45) is 9.31. The summed E-state index contributed by atoms with van der Waals surface area (Å²) < 4.78 is 3.66. The molecule has 6 heteroatoms. The lowest BCUT2D eigenvalue weighted by atomic mass is 10.2. The summed E-state index contributed by atoms with van der Waals surface area (Å²) in [4.78, 5) is 14.8. The molecule has 0 saturated carbocycles. The lowest BCUT2D eigenvalue weighted by molar-refractivity contribution is 0.213. The van der Waals surface area contributed by atoms with E-state index < -0.39 is 0 Å². The summed E-state index contributed by atoms with van der Waals surface area (Å²) in [5, 5.41) is 8.88. The van der Waals surface area contributed by atoms with Gasteiger partial charge in [0.25, 0.3) is 5.56 Å². The van der Waals surface area contributed by atoms with E-state index >= 15 is 0 Å². The van der Waals surface area contributed by atoms with Crippen LogP contribution in [-0.2, 0) is 25.9 Å². The average molecular weight is 313 g/mol. The minimum absolute atomic E-state index is 0.0598. The van der Waals surface area contributed by atoms with Gasteiger partial charge in [-0.3, -0.25) is 14.4 Å². The van der Waals surface area contributed by atoms with Crippen LogP contribution in [0.25, 0.3) is 0 Å². The highest BCUT2D eigenvalue weighted by atomic mass is 16.1. The molecule has 1 unspecified atom stereocenters. The van der Waals surface area contributed by atoms with Crippen molar-refractivity contribution in [3.8, 4) is 0 Å². The van der Waals surface area contributed by atoms with Crippen molar-refractivity contribution in [2.24, 2.45) is 0 Å². The number of fused-ring (bicyclic) bond motifs is 1. The van der Waals surface area contributed by atoms with Crippen LogP contribution in [0.5, 0.6) is 0 Å². The van der Waals surface area contributed by atoms with Crippen LogP contribution in [0.3, 0.4) is 0 Å². The molecule has 4 rings (SSSR count). The highest BCUT2D eigenvalue weighted by molar-refractivity contribution is 5.22. The molecule has 0 aromatic carbocycles. The van der Waals surface area contributed by atoms with E-state index in [9.17, 15) is 4.79 Å². The van der Waals surface area contributed by atoms with E-state index in [0.717, 1.165) is 56.6 Å². The van der Waals surface area contributed by atoms with E-state index in [1.165, 1.54) is 6.42 Å². The minimum atomic E-state index is 0.0598. The fraction of sp³-hybridized carbons (Fsp3) is 0.588. The van der Waals surface area contributed by atoms with Crippen LogP contribution in [0.2, 0.25) is 0 Å². The Labute approximate surface area is 135 Å². The molecule has 122 valence electrons. The first-order valence-corrected chi connectivity index (χ1v) is 8.61. The number of aromatic nitrogens is 4. The number of hydrogen-bond acceptors (Lipinski definition) is 4. The Balaban J connectivity index is 1.44. The molecule has 1 saturated heterocycles. The molecular weight excluding hydrogens is 290 g/mol. The molecule has 0 amide bonds. The maximum Gasteiger partial charge on any atom is 0.267 e. The molecular formula is C17H23N5O. The maximum absolute atomic E-state index is 12.3. The van der Waals surface area contributed by atoms with Crippen molar-refractivity contribution in [1.82, 2.24) is 24.5 Å². The monoisotopic (exact) mass is 313 g/mol. The van der Waals surface area contributed by atoms with E-state index in [-0.39, 0.29) is 5.56 Å². The zero-order chi connectivity index (χ0) is 15.6. The third-order valence-corrected chi connectivity index (χ3v) is 5.08. The molecule has 1 aliphatic carbocycles. The summed E-state index contributed by atoms with van der Waals surface area (Å²) in [5.74, 6) is 0. The van der Waals surface area contributed by atoms with Crippen LogP contribution in [0.15, 0.2) is 29.3 Å². The van der Waals surface area contributed by atoms with Crippen molar-refractivity contribution < 1.29 is 0 Å². The van der Waals surface area contributed by atoms with E-state index in [1.807, 2.05) is 23.1 Å². The van der Waals surface area contributed by atoms with Gasteiger partial charge in [0.2, 0.25) is 0 Å². The molecule has 3 heterocycles. The molecule has 1 atom stereocenters. The number of nitrogens with zero attached hydrogens (tertiary/aromatic N) is 5. The van der Waals surface area contributed by atoms with Gasteiger partial charge in [-0.1, -0.05) is 0 Å². The highest BCUT2D eigenvalue weighted by Crippen LogP contribution is 2.20. The normalized spacial score (nSPS) is 21.0. The van der Waals surface area contributed by atoms with Crippen molar-refractivity contribution >= 4 is 0 Å². The number of aryl methyl sites for hydroxylation is 2. The Morgan fingerprint density at radius 3 is 3.04 bits per heavy atom. The molecule has 0 bridgehead atoms. The van der Waals surface area contributed by atoms with Crippen molar-refractivity contribution in [1.29, 1.82) is 0 Å². The molecule has 1 fully saturated rings. The Hall–Kier alpha value is -1.95. The Morgan fingerprint density at radius 1 is 1.22 bits per heavy atom. The highest BCUT2D eigenvalue weighted by Gasteiger charge is 2.26. The third kappa shape index (κ3) is 3.08. The smallest absolute Gasteiger partial charge is 0.267 e. The van der Waals surface area contributed by atoms with Gasteiger partial charge < -0.3 is 0 Å². The maximum atomic E-state index is 12.3. The zero-order valence-corrected chi connectivity index (χ0v) is 13.4.